The van der Waals surface area contributed by atoms with Gasteiger partial charge in [-0.3, -0.25) is 4.90 Å². The lowest BCUT2D eigenvalue weighted by molar-refractivity contribution is 0.0696. The molecule has 1 N–H and O–H groups in total. The summed E-state index contributed by atoms with van der Waals surface area (Å²) in [6, 6.07) is 4.17. The van der Waals surface area contributed by atoms with Gasteiger partial charge in [0.1, 0.15) is 19.0 Å². The molecule has 2 rings (SSSR count). The van der Waals surface area contributed by atoms with E-state index >= 15 is 0 Å². The highest BCUT2D eigenvalue weighted by Gasteiger charge is 2.31. The minimum absolute atomic E-state index is 0.109. The largest absolute Gasteiger partial charge is 0.489 e. The molecule has 0 bridgehead atoms. The van der Waals surface area contributed by atoms with Crippen molar-refractivity contribution < 1.29 is 24.2 Å². The molecule has 20 heavy (non-hydrogen) atoms. The van der Waals surface area contributed by atoms with Gasteiger partial charge in [0.15, 0.2) is 0 Å². The number of hydrogen-bond acceptors (Lipinski definition) is 4. The molecule has 0 aromatic heterocycles. The van der Waals surface area contributed by atoms with Gasteiger partial charge in [0.2, 0.25) is 0 Å². The topological polar surface area (TPSA) is 76.1 Å². The third-order valence-corrected chi connectivity index (χ3v) is 2.91. The van der Waals surface area contributed by atoms with Crippen LogP contribution in [0, 0.1) is 0 Å². The highest BCUT2D eigenvalue weighted by molar-refractivity contribution is 5.94. The fraction of sp³-hybridized carbons (Fsp3) is 0.286. The normalized spacial score (nSPS) is 16.9. The van der Waals surface area contributed by atoms with E-state index in [1.54, 1.807) is 6.07 Å². The first-order valence-corrected chi connectivity index (χ1v) is 6.11. The molecule has 1 aliphatic rings. The average Bonchev–Trinajstić information content (AvgIpc) is 2.44. The molecule has 106 valence electrons. The molecule has 6 nitrogen and oxygen atoms in total. The molecule has 1 heterocycles. The van der Waals surface area contributed by atoms with Crippen molar-refractivity contribution in [3.05, 3.63) is 36.4 Å². The van der Waals surface area contributed by atoms with Crippen LogP contribution in [0.4, 0.5) is 10.5 Å². The van der Waals surface area contributed by atoms with Crippen molar-refractivity contribution in [2.45, 2.75) is 13.0 Å². The molecule has 0 saturated heterocycles. The summed E-state index contributed by atoms with van der Waals surface area (Å²) in [5.41, 5.74) is 0.612. The zero-order valence-corrected chi connectivity index (χ0v) is 11.0. The third kappa shape index (κ3) is 2.59. The number of aromatic carboxylic acids is 1. The van der Waals surface area contributed by atoms with E-state index in [4.69, 9.17) is 14.6 Å². The Bertz CT molecular complexity index is 554. The summed E-state index contributed by atoms with van der Waals surface area (Å²) in [7, 11) is 0. The number of carboxylic acids is 1. The van der Waals surface area contributed by atoms with E-state index in [2.05, 4.69) is 6.58 Å². The van der Waals surface area contributed by atoms with E-state index in [0.29, 0.717) is 11.4 Å². The van der Waals surface area contributed by atoms with Crippen LogP contribution in [0.15, 0.2) is 30.9 Å². The quantitative estimate of drug-likeness (QED) is 0.858. The number of benzene rings is 1. The summed E-state index contributed by atoms with van der Waals surface area (Å²) in [4.78, 5) is 24.4. The number of rotatable bonds is 3. The Kier molecular flexibility index (Phi) is 3.93. The number of fused-ring (bicyclic) bond motifs is 1. The first-order chi connectivity index (χ1) is 9.54. The standard InChI is InChI=1S/C14H15NO5/c1-3-6-19-14(18)15-9(2)8-20-12-7-10(13(16)17)4-5-11(12)15/h3-5,7,9H,1,6,8H2,2H3,(H,16,17). The van der Waals surface area contributed by atoms with Crippen LogP contribution in [-0.2, 0) is 4.74 Å². The van der Waals surface area contributed by atoms with Gasteiger partial charge < -0.3 is 14.6 Å². The lowest BCUT2D eigenvalue weighted by atomic mass is 10.1. The molecule has 0 aliphatic carbocycles. The summed E-state index contributed by atoms with van der Waals surface area (Å²) in [5.74, 6) is -0.686. The van der Waals surface area contributed by atoms with Gasteiger partial charge >= 0.3 is 12.1 Å². The zero-order chi connectivity index (χ0) is 14.7. The first kappa shape index (κ1) is 13.9. The summed E-state index contributed by atoms with van der Waals surface area (Å²) >= 11 is 0. The van der Waals surface area contributed by atoms with E-state index in [1.807, 2.05) is 6.92 Å². The predicted molar refractivity (Wildman–Crippen MR) is 72.4 cm³/mol. The summed E-state index contributed by atoms with van der Waals surface area (Å²) in [6.45, 7) is 5.70. The minimum Gasteiger partial charge on any atom is -0.489 e. The Morgan fingerprint density at radius 3 is 3.00 bits per heavy atom. The Labute approximate surface area is 116 Å². The maximum Gasteiger partial charge on any atom is 0.415 e. The van der Waals surface area contributed by atoms with Gasteiger partial charge in [-0.1, -0.05) is 12.7 Å². The molecule has 0 fully saturated rings. The number of anilines is 1. The number of ether oxygens (including phenoxy) is 2. The van der Waals surface area contributed by atoms with Crippen LogP contribution in [0.5, 0.6) is 5.75 Å². The van der Waals surface area contributed by atoms with Gasteiger partial charge in [-0.05, 0) is 25.1 Å². The second kappa shape index (κ2) is 5.64. The van der Waals surface area contributed by atoms with Gasteiger partial charge in [0, 0.05) is 0 Å². The Morgan fingerprint density at radius 1 is 1.60 bits per heavy atom. The molecular weight excluding hydrogens is 262 g/mol. The maximum atomic E-state index is 12.0. The van der Waals surface area contributed by atoms with Crippen molar-refractivity contribution in [2.75, 3.05) is 18.1 Å². The van der Waals surface area contributed by atoms with Crippen molar-refractivity contribution in [1.29, 1.82) is 0 Å². The second-order valence-corrected chi connectivity index (χ2v) is 4.38. The molecule has 1 unspecified atom stereocenters. The van der Waals surface area contributed by atoms with E-state index in [-0.39, 0.29) is 24.8 Å². The molecule has 1 aromatic carbocycles. The van der Waals surface area contributed by atoms with Crippen LogP contribution < -0.4 is 9.64 Å². The van der Waals surface area contributed by atoms with Crippen LogP contribution in [-0.4, -0.2) is 36.4 Å². The number of carbonyl (C=O) groups is 2. The number of hydrogen-bond donors (Lipinski definition) is 1. The third-order valence-electron chi connectivity index (χ3n) is 2.91. The summed E-state index contributed by atoms with van der Waals surface area (Å²) in [5, 5.41) is 8.96. The van der Waals surface area contributed by atoms with Gasteiger partial charge in [-0.15, -0.1) is 0 Å². The van der Waals surface area contributed by atoms with Crippen molar-refractivity contribution in [1.82, 2.24) is 0 Å². The highest BCUT2D eigenvalue weighted by atomic mass is 16.6. The Morgan fingerprint density at radius 2 is 2.35 bits per heavy atom. The minimum atomic E-state index is -1.05. The van der Waals surface area contributed by atoms with Crippen molar-refractivity contribution in [3.63, 3.8) is 0 Å². The highest BCUT2D eigenvalue weighted by Crippen LogP contribution is 2.35. The van der Waals surface area contributed by atoms with Crippen LogP contribution in [0.2, 0.25) is 0 Å². The van der Waals surface area contributed by atoms with Gasteiger partial charge in [0.05, 0.1) is 17.3 Å². The molecule has 6 heteroatoms. The summed E-state index contributed by atoms with van der Waals surface area (Å²) < 4.78 is 10.5. The van der Waals surface area contributed by atoms with E-state index < -0.39 is 12.1 Å². The van der Waals surface area contributed by atoms with Gasteiger partial charge in [-0.25, -0.2) is 9.59 Å². The number of amides is 1. The van der Waals surface area contributed by atoms with E-state index in [1.165, 1.54) is 23.1 Å². The smallest absolute Gasteiger partial charge is 0.415 e. The maximum absolute atomic E-state index is 12.0. The molecular formula is C14H15NO5. The summed E-state index contributed by atoms with van der Waals surface area (Å²) in [6.07, 6.45) is 0.974. The molecule has 1 aromatic rings. The van der Waals surface area contributed by atoms with Crippen molar-refractivity contribution >= 4 is 17.7 Å². The first-order valence-electron chi connectivity index (χ1n) is 6.11. The van der Waals surface area contributed by atoms with Crippen LogP contribution >= 0.6 is 0 Å². The molecule has 1 atom stereocenters. The van der Waals surface area contributed by atoms with Crippen LogP contribution in [0.1, 0.15) is 17.3 Å². The molecule has 0 radical (unpaired) electrons. The monoisotopic (exact) mass is 277 g/mol. The molecule has 1 amide bonds. The average molecular weight is 277 g/mol. The fourth-order valence-electron chi connectivity index (χ4n) is 1.96. The van der Waals surface area contributed by atoms with Gasteiger partial charge in [0.25, 0.3) is 0 Å². The van der Waals surface area contributed by atoms with Crippen LogP contribution in [0.3, 0.4) is 0 Å². The fourth-order valence-corrected chi connectivity index (χ4v) is 1.96. The lowest BCUT2D eigenvalue weighted by Crippen LogP contribution is -2.45. The number of nitrogens with zero attached hydrogens (tertiary/aromatic N) is 1. The van der Waals surface area contributed by atoms with Crippen molar-refractivity contribution in [2.24, 2.45) is 0 Å². The predicted octanol–water partition coefficient (Wildman–Crippen LogP) is 2.29. The Hall–Kier alpha value is -2.50. The Balaban J connectivity index is 2.34. The molecule has 0 spiro atoms. The number of carboxylic acid groups (broad SMARTS) is 1. The number of carbonyl (C=O) groups excluding carboxylic acids is 1. The SMILES string of the molecule is C=CCOC(=O)N1c2ccc(C(=O)O)cc2OCC1C. The molecule has 0 saturated carbocycles. The second-order valence-electron chi connectivity index (χ2n) is 4.38. The van der Waals surface area contributed by atoms with E-state index in [9.17, 15) is 9.59 Å². The molecule has 1 aliphatic heterocycles. The van der Waals surface area contributed by atoms with Gasteiger partial charge in [-0.2, -0.15) is 0 Å². The van der Waals surface area contributed by atoms with Crippen LogP contribution in [0.25, 0.3) is 0 Å². The lowest BCUT2D eigenvalue weighted by Gasteiger charge is -2.34. The van der Waals surface area contributed by atoms with Crippen molar-refractivity contribution in [3.8, 4) is 5.75 Å². The zero-order valence-electron chi connectivity index (χ0n) is 11.0. The van der Waals surface area contributed by atoms with E-state index in [0.717, 1.165) is 0 Å².